The molecule has 0 radical (unpaired) electrons. The summed E-state index contributed by atoms with van der Waals surface area (Å²) < 4.78 is 0. The Morgan fingerprint density at radius 2 is 2.05 bits per heavy atom. The highest BCUT2D eigenvalue weighted by atomic mass is 32.2. The molecule has 0 aliphatic carbocycles. The molecule has 0 aliphatic rings. The molecule has 2 aromatic heterocycles. The van der Waals surface area contributed by atoms with Gasteiger partial charge in [0.1, 0.15) is 5.82 Å². The van der Waals surface area contributed by atoms with Gasteiger partial charge in [-0.3, -0.25) is 10.2 Å². The molecule has 6 N–H and O–H groups in total. The van der Waals surface area contributed by atoms with Crippen molar-refractivity contribution in [2.75, 3.05) is 30.2 Å². The van der Waals surface area contributed by atoms with Crippen molar-refractivity contribution < 1.29 is 0 Å². The molecule has 0 saturated heterocycles. The summed E-state index contributed by atoms with van der Waals surface area (Å²) in [5.74, 6) is 6.05. The van der Waals surface area contributed by atoms with Gasteiger partial charge in [-0.2, -0.15) is 15.0 Å². The van der Waals surface area contributed by atoms with Crippen molar-refractivity contribution in [1.29, 1.82) is 0 Å². The van der Waals surface area contributed by atoms with Gasteiger partial charge in [-0.1, -0.05) is 0 Å². The number of nitrogens with one attached hydrogen (secondary N) is 2. The molecule has 2 rings (SSSR count). The number of hydrogen-bond acceptors (Lipinski definition) is 10. The number of rotatable bonds is 4. The lowest BCUT2D eigenvalue weighted by Gasteiger charge is -2.11. The summed E-state index contributed by atoms with van der Waals surface area (Å²) in [5.41, 5.74) is 7.51. The van der Waals surface area contributed by atoms with Crippen LogP contribution in [0.25, 0.3) is 0 Å². The summed E-state index contributed by atoms with van der Waals surface area (Å²) in [6, 6.07) is 1.19. The molecule has 0 aliphatic heterocycles. The Hall–Kier alpha value is -2.40. The van der Waals surface area contributed by atoms with Gasteiger partial charge in [0.05, 0.1) is 0 Å². The van der Waals surface area contributed by atoms with Gasteiger partial charge in [0.2, 0.25) is 17.1 Å². The summed E-state index contributed by atoms with van der Waals surface area (Å²) in [4.78, 5) is 31.9. The van der Waals surface area contributed by atoms with Gasteiger partial charge in [-0.05, 0) is 11.8 Å². The molecule has 106 valence electrons. The van der Waals surface area contributed by atoms with Gasteiger partial charge in [-0.25, -0.2) is 10.8 Å². The number of aromatic amines is 1. The lowest BCUT2D eigenvalue weighted by molar-refractivity contribution is 0.856. The summed E-state index contributed by atoms with van der Waals surface area (Å²) in [7, 11) is 3.56. The van der Waals surface area contributed by atoms with Crippen LogP contribution in [0.3, 0.4) is 0 Å². The van der Waals surface area contributed by atoms with Gasteiger partial charge in [-0.15, -0.1) is 0 Å². The third-order valence-corrected chi connectivity index (χ3v) is 2.81. The Balaban J connectivity index is 2.37. The fourth-order valence-corrected chi connectivity index (χ4v) is 1.98. The van der Waals surface area contributed by atoms with E-state index in [1.807, 2.05) is 0 Å². The number of H-pyrrole nitrogens is 1. The molecule has 0 atom stereocenters. The van der Waals surface area contributed by atoms with Crippen LogP contribution in [0, 0.1) is 0 Å². The SMILES string of the molecule is CN(C)c1nc(NN)nc(Sc2nc(N)cc(=O)[nH]2)n1. The lowest BCUT2D eigenvalue weighted by atomic mass is 10.6. The zero-order chi connectivity index (χ0) is 14.7. The molecule has 2 heterocycles. The minimum Gasteiger partial charge on any atom is -0.383 e. The number of hydrogen-bond donors (Lipinski definition) is 4. The number of nitrogens with two attached hydrogens (primary N) is 2. The van der Waals surface area contributed by atoms with E-state index in [0.717, 1.165) is 11.8 Å². The van der Waals surface area contributed by atoms with Crippen molar-refractivity contribution in [3.8, 4) is 0 Å². The van der Waals surface area contributed by atoms with E-state index < -0.39 is 0 Å². The van der Waals surface area contributed by atoms with Crippen LogP contribution in [0.15, 0.2) is 21.2 Å². The fourth-order valence-electron chi connectivity index (χ4n) is 1.24. The van der Waals surface area contributed by atoms with Crippen molar-refractivity contribution in [3.63, 3.8) is 0 Å². The zero-order valence-electron chi connectivity index (χ0n) is 10.8. The molecule has 20 heavy (non-hydrogen) atoms. The Kier molecular flexibility index (Phi) is 4.00. The van der Waals surface area contributed by atoms with Gasteiger partial charge < -0.3 is 15.6 Å². The predicted octanol–water partition coefficient (Wildman–Crippen LogP) is -0.960. The number of nitrogens with zero attached hydrogens (tertiary/aromatic N) is 5. The number of aromatic nitrogens is 5. The molecule has 11 heteroatoms. The molecule has 10 nitrogen and oxygen atoms in total. The van der Waals surface area contributed by atoms with Crippen molar-refractivity contribution in [3.05, 3.63) is 16.4 Å². The van der Waals surface area contributed by atoms with Crippen molar-refractivity contribution in [1.82, 2.24) is 24.9 Å². The Bertz CT molecular complexity index is 671. The normalized spacial score (nSPS) is 10.3. The Morgan fingerprint density at radius 1 is 1.30 bits per heavy atom. The van der Waals surface area contributed by atoms with E-state index in [9.17, 15) is 4.79 Å². The number of anilines is 3. The van der Waals surface area contributed by atoms with E-state index in [1.165, 1.54) is 6.07 Å². The van der Waals surface area contributed by atoms with Crippen LogP contribution in [0.5, 0.6) is 0 Å². The van der Waals surface area contributed by atoms with Gasteiger partial charge in [0.15, 0.2) is 5.16 Å². The first-order valence-electron chi connectivity index (χ1n) is 5.42. The molecule has 0 bridgehead atoms. The lowest BCUT2D eigenvalue weighted by Crippen LogP contribution is -2.18. The third kappa shape index (κ3) is 3.33. The predicted molar refractivity (Wildman–Crippen MR) is 75.4 cm³/mol. The van der Waals surface area contributed by atoms with E-state index in [4.69, 9.17) is 11.6 Å². The quantitative estimate of drug-likeness (QED) is 0.315. The zero-order valence-corrected chi connectivity index (χ0v) is 11.6. The molecule has 0 unspecified atom stereocenters. The maximum absolute atomic E-state index is 11.3. The molecule has 0 fully saturated rings. The molecular weight excluding hydrogens is 282 g/mol. The summed E-state index contributed by atoms with van der Waals surface area (Å²) in [6.07, 6.45) is 0. The molecule has 0 amide bonds. The highest BCUT2D eigenvalue weighted by Gasteiger charge is 2.10. The molecule has 0 saturated carbocycles. The minimum atomic E-state index is -0.348. The Morgan fingerprint density at radius 3 is 2.65 bits per heavy atom. The molecule has 2 aromatic rings. The van der Waals surface area contributed by atoms with Crippen LogP contribution in [-0.2, 0) is 0 Å². The van der Waals surface area contributed by atoms with Gasteiger partial charge in [0.25, 0.3) is 5.56 Å². The summed E-state index contributed by atoms with van der Waals surface area (Å²) in [5, 5.41) is 0.610. The van der Waals surface area contributed by atoms with Crippen molar-refractivity contribution >= 4 is 29.5 Å². The molecule has 0 spiro atoms. The average molecular weight is 295 g/mol. The maximum Gasteiger partial charge on any atom is 0.253 e. The monoisotopic (exact) mass is 295 g/mol. The van der Waals surface area contributed by atoms with Crippen molar-refractivity contribution in [2.45, 2.75) is 10.3 Å². The first-order chi connectivity index (χ1) is 9.47. The summed E-state index contributed by atoms with van der Waals surface area (Å²) >= 11 is 1.05. The van der Waals surface area contributed by atoms with Crippen LogP contribution in [0.1, 0.15) is 0 Å². The second-order valence-electron chi connectivity index (χ2n) is 3.86. The van der Waals surface area contributed by atoms with Crippen LogP contribution in [-0.4, -0.2) is 39.0 Å². The van der Waals surface area contributed by atoms with Crippen LogP contribution < -0.4 is 27.5 Å². The first kappa shape index (κ1) is 14.0. The highest BCUT2D eigenvalue weighted by molar-refractivity contribution is 7.99. The van der Waals surface area contributed by atoms with E-state index >= 15 is 0 Å². The molecular formula is C9H13N9OS. The summed E-state index contributed by atoms with van der Waals surface area (Å²) in [6.45, 7) is 0. The van der Waals surface area contributed by atoms with Gasteiger partial charge in [0, 0.05) is 20.2 Å². The second kappa shape index (κ2) is 5.71. The van der Waals surface area contributed by atoms with E-state index in [0.29, 0.717) is 11.1 Å². The van der Waals surface area contributed by atoms with Crippen LogP contribution >= 0.6 is 11.8 Å². The largest absolute Gasteiger partial charge is 0.383 e. The topological polar surface area (TPSA) is 152 Å². The highest BCUT2D eigenvalue weighted by Crippen LogP contribution is 2.22. The number of nitrogen functional groups attached to an aromatic ring is 2. The fraction of sp³-hybridized carbons (Fsp3) is 0.222. The van der Waals surface area contributed by atoms with E-state index in [1.54, 1.807) is 19.0 Å². The number of hydrazine groups is 1. The minimum absolute atomic E-state index is 0.121. The van der Waals surface area contributed by atoms with Crippen molar-refractivity contribution in [2.24, 2.45) is 5.84 Å². The van der Waals surface area contributed by atoms with E-state index in [2.05, 4.69) is 30.3 Å². The first-order valence-corrected chi connectivity index (χ1v) is 6.24. The second-order valence-corrected chi connectivity index (χ2v) is 4.81. The smallest absolute Gasteiger partial charge is 0.253 e. The average Bonchev–Trinajstić information content (AvgIpc) is 2.36. The molecule has 0 aromatic carbocycles. The maximum atomic E-state index is 11.3. The third-order valence-electron chi connectivity index (χ3n) is 2.06. The standard InChI is InChI=1S/C9H13N9OS/c1-18(2)7-14-6(17-11)15-9(16-7)20-8-12-4(10)3-5(19)13-8/h3H,11H2,1-2H3,(H3,10,12,13,19)(H,14,15,16,17). The van der Waals surface area contributed by atoms with Crippen LogP contribution in [0.2, 0.25) is 0 Å². The van der Waals surface area contributed by atoms with Gasteiger partial charge >= 0.3 is 0 Å². The Labute approximate surface area is 118 Å². The van der Waals surface area contributed by atoms with Crippen LogP contribution in [0.4, 0.5) is 17.7 Å². The van der Waals surface area contributed by atoms with E-state index in [-0.39, 0.29) is 22.5 Å².